The molecule has 17 heteroatoms. The van der Waals surface area contributed by atoms with Crippen LogP contribution >= 0.6 is 139 Å². The topological polar surface area (TPSA) is 80.4 Å². The molecule has 2 saturated carbocycles. The molecule has 8 atom stereocenters. The summed E-state index contributed by atoms with van der Waals surface area (Å²) < 4.78 is -4.23. The molecule has 5 aliphatic rings. The zero-order valence-electron chi connectivity index (χ0n) is 17.6. The van der Waals surface area contributed by atoms with Gasteiger partial charge in [-0.05, 0) is 17.2 Å². The lowest BCUT2D eigenvalue weighted by atomic mass is 9.57. The van der Waals surface area contributed by atoms with E-state index in [1.807, 2.05) is 0 Å². The fourth-order valence-corrected chi connectivity index (χ4v) is 13.3. The van der Waals surface area contributed by atoms with Gasteiger partial charge in [-0.2, -0.15) is 0 Å². The summed E-state index contributed by atoms with van der Waals surface area (Å²) >= 11 is 82.8. The van der Waals surface area contributed by atoms with Gasteiger partial charge in [-0.1, -0.05) is 92.8 Å². The van der Waals surface area contributed by atoms with Crippen LogP contribution in [0.15, 0.2) is 32.3 Å². The van der Waals surface area contributed by atoms with Crippen LogP contribution in [0.2, 0.25) is 0 Å². The van der Waals surface area contributed by atoms with Gasteiger partial charge >= 0.3 is 5.97 Å². The third kappa shape index (κ3) is 2.56. The number of carboxylic acid groups (broad SMARTS) is 1. The largest absolute Gasteiger partial charge is 0.477 e. The molecule has 6 rings (SSSR count). The SMILES string of the molecule is O=C(O)c1cc2c(cc1[N+](=O)[O-])C1C(C3C2C2(Cl)C(Cl)=C(Cl)C3(Cl)C2(Cl)Cl)C2(Cl)C(Cl)=C(Cl)C1(Cl)C2(Cl)Cl. The van der Waals surface area contributed by atoms with Crippen molar-refractivity contribution in [2.75, 3.05) is 0 Å². The molecular formula is C21H7Cl12NO4. The Balaban J connectivity index is 1.82. The van der Waals surface area contributed by atoms with E-state index in [1.54, 1.807) is 0 Å². The number of carbonyl (C=O) groups is 1. The number of carboxylic acids is 1. The fraction of sp³-hybridized carbons (Fsp3) is 0.476. The summed E-state index contributed by atoms with van der Waals surface area (Å²) in [4.78, 5) is 15.5. The average molecular weight is 763 g/mol. The number of nitro benzene ring substituents is 1. The minimum Gasteiger partial charge on any atom is -0.477 e. The van der Waals surface area contributed by atoms with Gasteiger partial charge in [0.25, 0.3) is 5.69 Å². The molecule has 0 radical (unpaired) electrons. The van der Waals surface area contributed by atoms with Crippen LogP contribution in [0.3, 0.4) is 0 Å². The van der Waals surface area contributed by atoms with Gasteiger partial charge in [-0.3, -0.25) is 10.1 Å². The summed E-state index contributed by atoms with van der Waals surface area (Å²) in [6.45, 7) is 0. The van der Waals surface area contributed by atoms with E-state index in [-0.39, 0.29) is 31.3 Å². The van der Waals surface area contributed by atoms with E-state index >= 15 is 0 Å². The molecule has 0 aliphatic heterocycles. The maximum Gasteiger partial charge on any atom is 0.342 e. The van der Waals surface area contributed by atoms with E-state index < -0.39 is 74.0 Å². The Morgan fingerprint density at radius 3 is 1.39 bits per heavy atom. The lowest BCUT2D eigenvalue weighted by Crippen LogP contribution is -2.53. The summed E-state index contributed by atoms with van der Waals surface area (Å²) in [6.07, 6.45) is 0. The number of nitrogens with zero attached hydrogens (tertiary/aromatic N) is 1. The first-order valence-corrected chi connectivity index (χ1v) is 15.0. The van der Waals surface area contributed by atoms with Crippen molar-refractivity contribution in [2.24, 2.45) is 11.8 Å². The van der Waals surface area contributed by atoms with E-state index in [9.17, 15) is 20.0 Å². The minimum absolute atomic E-state index is 0.135. The molecule has 0 heterocycles. The van der Waals surface area contributed by atoms with Gasteiger partial charge in [0.1, 0.15) is 25.1 Å². The number of nitro groups is 1. The van der Waals surface area contributed by atoms with Gasteiger partial charge in [0, 0.05) is 29.7 Å². The van der Waals surface area contributed by atoms with Crippen LogP contribution in [0, 0.1) is 22.0 Å². The zero-order valence-corrected chi connectivity index (χ0v) is 26.7. The number of rotatable bonds is 2. The quantitative estimate of drug-likeness (QED) is 0.185. The Kier molecular flexibility index (Phi) is 6.10. The second-order valence-corrected chi connectivity index (χ2v) is 16.4. The molecule has 4 bridgehead atoms. The van der Waals surface area contributed by atoms with E-state index in [1.165, 1.54) is 0 Å². The molecule has 0 aromatic heterocycles. The second kappa shape index (κ2) is 7.95. The number of benzene rings is 1. The summed E-state index contributed by atoms with van der Waals surface area (Å²) in [5.74, 6) is -5.95. The monoisotopic (exact) mass is 757 g/mol. The molecule has 0 spiro atoms. The summed E-state index contributed by atoms with van der Waals surface area (Å²) in [6, 6.07) is 2.14. The molecule has 2 fully saturated rings. The number of halogens is 12. The molecule has 5 aliphatic carbocycles. The Morgan fingerprint density at radius 1 is 0.711 bits per heavy atom. The highest BCUT2D eigenvalue weighted by molar-refractivity contribution is 6.67. The van der Waals surface area contributed by atoms with Crippen LogP contribution in [-0.2, 0) is 0 Å². The van der Waals surface area contributed by atoms with E-state index in [4.69, 9.17) is 139 Å². The third-order valence-electron chi connectivity index (χ3n) is 8.67. The molecule has 38 heavy (non-hydrogen) atoms. The van der Waals surface area contributed by atoms with Gasteiger partial charge in [-0.25, -0.2) is 4.79 Å². The van der Waals surface area contributed by atoms with Gasteiger partial charge in [-0.15, -0.1) is 46.4 Å². The molecule has 1 aromatic rings. The number of fused-ring (bicyclic) bond motifs is 14. The van der Waals surface area contributed by atoms with Crippen molar-refractivity contribution in [3.05, 3.63) is 59.1 Å². The molecule has 0 saturated heterocycles. The maximum absolute atomic E-state index is 12.1. The molecule has 1 N–H and O–H groups in total. The van der Waals surface area contributed by atoms with Crippen molar-refractivity contribution >= 4 is 151 Å². The van der Waals surface area contributed by atoms with Gasteiger partial charge in [0.15, 0.2) is 8.67 Å². The van der Waals surface area contributed by atoms with Crippen molar-refractivity contribution in [3.8, 4) is 0 Å². The van der Waals surface area contributed by atoms with Gasteiger partial charge in [0.2, 0.25) is 0 Å². The van der Waals surface area contributed by atoms with Crippen molar-refractivity contribution < 1.29 is 14.8 Å². The predicted octanol–water partition coefficient (Wildman–Crippen LogP) is 9.40. The van der Waals surface area contributed by atoms with Crippen LogP contribution in [0.1, 0.15) is 33.3 Å². The number of aromatic carboxylic acids is 1. The second-order valence-electron chi connectivity index (χ2n) is 9.82. The number of hydrogen-bond acceptors (Lipinski definition) is 3. The average Bonchev–Trinajstić information content (AvgIpc) is 3.17. The Morgan fingerprint density at radius 2 is 1.05 bits per heavy atom. The van der Waals surface area contributed by atoms with Crippen LogP contribution in [-0.4, -0.2) is 44.2 Å². The Bertz CT molecular complexity index is 1380. The zero-order chi connectivity index (χ0) is 28.5. The molecule has 204 valence electrons. The Labute approximate surface area is 274 Å². The normalized spacial score (nSPS) is 44.8. The lowest BCUT2D eigenvalue weighted by molar-refractivity contribution is -0.385. The molecule has 1 aromatic carbocycles. The lowest BCUT2D eigenvalue weighted by Gasteiger charge is -2.52. The highest BCUT2D eigenvalue weighted by Gasteiger charge is 2.91. The first kappa shape index (κ1) is 29.1. The maximum atomic E-state index is 12.1. The molecule has 0 amide bonds. The Hall–Kier alpha value is 1.05. The predicted molar refractivity (Wildman–Crippen MR) is 153 cm³/mol. The van der Waals surface area contributed by atoms with Crippen molar-refractivity contribution in [3.63, 3.8) is 0 Å². The molecular weight excluding hydrogens is 756 g/mol. The first-order valence-electron chi connectivity index (χ1n) is 10.4. The van der Waals surface area contributed by atoms with Crippen LogP contribution in [0.5, 0.6) is 0 Å². The van der Waals surface area contributed by atoms with E-state index in [0.29, 0.717) is 0 Å². The summed E-state index contributed by atoms with van der Waals surface area (Å²) in [7, 11) is 0. The highest BCUT2D eigenvalue weighted by atomic mass is 35.5. The summed E-state index contributed by atoms with van der Waals surface area (Å²) in [5.41, 5.74) is -1.09. The molecule has 5 nitrogen and oxygen atoms in total. The minimum atomic E-state index is -2.12. The van der Waals surface area contributed by atoms with Crippen molar-refractivity contribution in [1.82, 2.24) is 0 Å². The number of allylic oxidation sites excluding steroid dienone is 4. The molecule has 8 unspecified atom stereocenters. The van der Waals surface area contributed by atoms with Gasteiger partial charge in [0.05, 0.1) is 25.1 Å². The van der Waals surface area contributed by atoms with Crippen LogP contribution in [0.25, 0.3) is 0 Å². The fourth-order valence-electron chi connectivity index (χ4n) is 7.26. The van der Waals surface area contributed by atoms with E-state index in [2.05, 4.69) is 0 Å². The number of hydrogen-bond donors (Lipinski definition) is 1. The standard InChI is InChI=1S/C21H7Cl12NO4/c22-11-13(24)18(28)9-7(16(11,26)20(18,30)31)3-1-5(15(35)36)6(34(37)38)2-4(3)8-10(9)19(29)14(25)12(23)17(8,27)21(19,32)33/h1-2,7-10H,(H,35,36). The highest BCUT2D eigenvalue weighted by Crippen LogP contribution is 2.88. The third-order valence-corrected chi connectivity index (χ3v) is 17.2. The van der Waals surface area contributed by atoms with Crippen molar-refractivity contribution in [1.29, 1.82) is 0 Å². The number of alkyl halides is 8. The summed E-state index contributed by atoms with van der Waals surface area (Å²) in [5, 5.41) is 21.1. The van der Waals surface area contributed by atoms with Crippen LogP contribution < -0.4 is 0 Å². The first-order chi connectivity index (χ1) is 17.2. The smallest absolute Gasteiger partial charge is 0.342 e. The van der Waals surface area contributed by atoms with Crippen molar-refractivity contribution in [2.45, 2.75) is 40.0 Å². The van der Waals surface area contributed by atoms with E-state index in [0.717, 1.165) is 12.1 Å². The van der Waals surface area contributed by atoms with Crippen LogP contribution in [0.4, 0.5) is 5.69 Å². The van der Waals surface area contributed by atoms with Gasteiger partial charge < -0.3 is 5.11 Å².